The van der Waals surface area contributed by atoms with Crippen LogP contribution in [0.5, 0.6) is 0 Å². The molecule has 0 radical (unpaired) electrons. The third-order valence-electron chi connectivity index (χ3n) is 2.50. The molecule has 0 fully saturated rings. The van der Waals surface area contributed by atoms with E-state index in [2.05, 4.69) is 4.98 Å². The van der Waals surface area contributed by atoms with Crippen LogP contribution >= 0.6 is 0 Å². The lowest BCUT2D eigenvalue weighted by Crippen LogP contribution is -2.12. The summed E-state index contributed by atoms with van der Waals surface area (Å²) in [5.41, 5.74) is 2.17. The third kappa shape index (κ3) is 1.98. The molecule has 0 atom stereocenters. The van der Waals surface area contributed by atoms with E-state index in [4.69, 9.17) is 0 Å². The minimum Gasteiger partial charge on any atom is -0.294 e. The fourth-order valence-corrected chi connectivity index (χ4v) is 1.65. The Morgan fingerprint density at radius 3 is 2.62 bits per heavy atom. The number of aromatic nitrogens is 1. The van der Waals surface area contributed by atoms with Crippen molar-refractivity contribution in [3.63, 3.8) is 0 Å². The average Bonchev–Trinajstić information content (AvgIpc) is 2.30. The lowest BCUT2D eigenvalue weighted by molar-refractivity contribution is -0.120. The number of allylic oxidation sites excluding steroid dienone is 4. The minimum atomic E-state index is -0.176. The molecule has 3 nitrogen and oxygen atoms in total. The zero-order chi connectivity index (χ0) is 11.5. The summed E-state index contributed by atoms with van der Waals surface area (Å²) in [6.45, 7) is 1.42. The summed E-state index contributed by atoms with van der Waals surface area (Å²) < 4.78 is 0. The number of hydrogen-bond donors (Lipinski definition) is 0. The van der Waals surface area contributed by atoms with Crippen LogP contribution in [0.2, 0.25) is 0 Å². The van der Waals surface area contributed by atoms with Crippen LogP contribution in [-0.4, -0.2) is 16.6 Å². The Morgan fingerprint density at radius 1 is 1.31 bits per heavy atom. The van der Waals surface area contributed by atoms with Gasteiger partial charge in [-0.2, -0.15) is 0 Å². The van der Waals surface area contributed by atoms with E-state index in [1.807, 2.05) is 18.2 Å². The van der Waals surface area contributed by atoms with Gasteiger partial charge < -0.3 is 0 Å². The number of rotatable bonds is 2. The standard InChI is InChI=1S/C13H11NO2/c1-9(15)12-8-11(2-3-13(12)16)10-4-6-14-7-5-10/h2,4-8H,3H2,1H3. The number of carbonyl (C=O) groups excluding carboxylic acids is 2. The Morgan fingerprint density at radius 2 is 2.00 bits per heavy atom. The highest BCUT2D eigenvalue weighted by atomic mass is 16.1. The quantitative estimate of drug-likeness (QED) is 0.705. The van der Waals surface area contributed by atoms with Gasteiger partial charge in [-0.15, -0.1) is 0 Å². The molecule has 0 spiro atoms. The zero-order valence-corrected chi connectivity index (χ0v) is 8.93. The Bertz CT molecular complexity index is 498. The van der Waals surface area contributed by atoms with Crippen LogP contribution in [0.15, 0.2) is 42.3 Å². The topological polar surface area (TPSA) is 47.0 Å². The van der Waals surface area contributed by atoms with Gasteiger partial charge >= 0.3 is 0 Å². The van der Waals surface area contributed by atoms with Gasteiger partial charge in [0.15, 0.2) is 11.6 Å². The Balaban J connectivity index is 2.39. The molecule has 0 N–H and O–H groups in total. The smallest absolute Gasteiger partial charge is 0.170 e. The number of pyridine rings is 1. The molecular weight excluding hydrogens is 202 g/mol. The van der Waals surface area contributed by atoms with E-state index in [1.165, 1.54) is 6.92 Å². The monoisotopic (exact) mass is 213 g/mol. The second-order valence-electron chi connectivity index (χ2n) is 3.64. The van der Waals surface area contributed by atoms with Gasteiger partial charge in [-0.05, 0) is 36.3 Å². The van der Waals surface area contributed by atoms with Gasteiger partial charge in [0, 0.05) is 18.8 Å². The van der Waals surface area contributed by atoms with Crippen molar-refractivity contribution < 1.29 is 9.59 Å². The van der Waals surface area contributed by atoms with Crippen LogP contribution < -0.4 is 0 Å². The third-order valence-corrected chi connectivity index (χ3v) is 2.50. The number of Topliss-reactive ketones (excluding diaryl/α,β-unsaturated/α-hetero) is 2. The first-order valence-corrected chi connectivity index (χ1v) is 5.05. The van der Waals surface area contributed by atoms with E-state index in [9.17, 15) is 9.59 Å². The predicted octanol–water partition coefficient (Wildman–Crippen LogP) is 1.95. The first-order chi connectivity index (χ1) is 7.68. The maximum atomic E-state index is 11.5. The Labute approximate surface area is 93.5 Å². The molecule has 1 aliphatic carbocycles. The van der Waals surface area contributed by atoms with Crippen LogP contribution in [0.1, 0.15) is 18.9 Å². The van der Waals surface area contributed by atoms with Crippen molar-refractivity contribution >= 4 is 17.1 Å². The van der Waals surface area contributed by atoms with Gasteiger partial charge in [0.1, 0.15) is 0 Å². The number of hydrogen-bond acceptors (Lipinski definition) is 3. The molecule has 80 valence electrons. The fraction of sp³-hybridized carbons (Fsp3) is 0.154. The van der Waals surface area contributed by atoms with Gasteiger partial charge in [-0.3, -0.25) is 14.6 Å². The molecule has 0 saturated heterocycles. The van der Waals surface area contributed by atoms with Crippen molar-refractivity contribution in [2.75, 3.05) is 0 Å². The minimum absolute atomic E-state index is 0.106. The van der Waals surface area contributed by atoms with E-state index < -0.39 is 0 Å². The molecule has 1 heterocycles. The highest BCUT2D eigenvalue weighted by Gasteiger charge is 2.18. The van der Waals surface area contributed by atoms with Crippen LogP contribution in [0.3, 0.4) is 0 Å². The largest absolute Gasteiger partial charge is 0.294 e. The molecular formula is C13H11NO2. The van der Waals surface area contributed by atoms with Gasteiger partial charge in [-0.1, -0.05) is 6.08 Å². The second kappa shape index (κ2) is 4.23. The highest BCUT2D eigenvalue weighted by molar-refractivity contribution is 6.22. The summed E-state index contributed by atoms with van der Waals surface area (Å²) in [4.78, 5) is 26.7. The number of carbonyl (C=O) groups is 2. The summed E-state index contributed by atoms with van der Waals surface area (Å²) >= 11 is 0. The summed E-state index contributed by atoms with van der Waals surface area (Å²) in [5, 5.41) is 0. The van der Waals surface area contributed by atoms with Crippen LogP contribution in [0, 0.1) is 0 Å². The van der Waals surface area contributed by atoms with Crippen LogP contribution in [0.25, 0.3) is 5.57 Å². The SMILES string of the molecule is CC(=O)C1=CC(c2ccncc2)=CCC1=O. The lowest BCUT2D eigenvalue weighted by Gasteiger charge is -2.10. The molecule has 0 amide bonds. The van der Waals surface area contributed by atoms with E-state index in [-0.39, 0.29) is 17.1 Å². The molecule has 16 heavy (non-hydrogen) atoms. The van der Waals surface area contributed by atoms with Gasteiger partial charge in [-0.25, -0.2) is 0 Å². The van der Waals surface area contributed by atoms with E-state index in [0.717, 1.165) is 11.1 Å². The summed E-state index contributed by atoms with van der Waals surface area (Å²) in [5.74, 6) is -0.282. The van der Waals surface area contributed by atoms with E-state index >= 15 is 0 Å². The van der Waals surface area contributed by atoms with Gasteiger partial charge in [0.05, 0.1) is 5.57 Å². The van der Waals surface area contributed by atoms with Crippen LogP contribution in [-0.2, 0) is 9.59 Å². The molecule has 3 heteroatoms. The number of ketones is 2. The molecule has 0 aliphatic heterocycles. The van der Waals surface area contributed by atoms with Crippen molar-refractivity contribution in [1.82, 2.24) is 4.98 Å². The number of nitrogens with zero attached hydrogens (tertiary/aromatic N) is 1. The van der Waals surface area contributed by atoms with Crippen molar-refractivity contribution in [2.24, 2.45) is 0 Å². The van der Waals surface area contributed by atoms with Gasteiger partial charge in [0.2, 0.25) is 0 Å². The maximum absolute atomic E-state index is 11.5. The molecule has 1 aliphatic rings. The Kier molecular flexibility index (Phi) is 2.77. The molecule has 2 rings (SSSR count). The molecule has 0 unspecified atom stereocenters. The molecule has 0 saturated carbocycles. The van der Waals surface area contributed by atoms with Crippen molar-refractivity contribution in [3.05, 3.63) is 47.8 Å². The van der Waals surface area contributed by atoms with Gasteiger partial charge in [0.25, 0.3) is 0 Å². The van der Waals surface area contributed by atoms with Crippen molar-refractivity contribution in [2.45, 2.75) is 13.3 Å². The molecule has 1 aromatic heterocycles. The van der Waals surface area contributed by atoms with E-state index in [0.29, 0.717) is 6.42 Å². The normalized spacial score (nSPS) is 15.4. The molecule has 0 aromatic carbocycles. The zero-order valence-electron chi connectivity index (χ0n) is 8.93. The molecule has 0 bridgehead atoms. The molecule has 1 aromatic rings. The summed E-state index contributed by atoms with van der Waals surface area (Å²) in [7, 11) is 0. The second-order valence-corrected chi connectivity index (χ2v) is 3.64. The lowest BCUT2D eigenvalue weighted by atomic mass is 9.92. The van der Waals surface area contributed by atoms with Crippen molar-refractivity contribution in [3.8, 4) is 0 Å². The van der Waals surface area contributed by atoms with Crippen molar-refractivity contribution in [1.29, 1.82) is 0 Å². The summed E-state index contributed by atoms with van der Waals surface area (Å²) in [6, 6.07) is 3.71. The van der Waals surface area contributed by atoms with E-state index in [1.54, 1.807) is 18.5 Å². The fourth-order valence-electron chi connectivity index (χ4n) is 1.65. The predicted molar refractivity (Wildman–Crippen MR) is 60.6 cm³/mol. The first kappa shape index (κ1) is 10.5. The Hall–Kier alpha value is -2.03. The summed E-state index contributed by atoms with van der Waals surface area (Å²) in [6.07, 6.45) is 7.17. The van der Waals surface area contributed by atoms with Crippen LogP contribution in [0.4, 0.5) is 0 Å². The maximum Gasteiger partial charge on any atom is 0.170 e. The highest BCUT2D eigenvalue weighted by Crippen LogP contribution is 2.23. The average molecular weight is 213 g/mol. The first-order valence-electron chi connectivity index (χ1n) is 5.05.